The first-order chi connectivity index (χ1) is 8.09. The number of hydrogen-bond acceptors (Lipinski definition) is 2. The van der Waals surface area contributed by atoms with Gasteiger partial charge >= 0.3 is 0 Å². The van der Waals surface area contributed by atoms with Gasteiger partial charge in [0.15, 0.2) is 0 Å². The number of rotatable bonds is 4. The maximum absolute atomic E-state index is 12.6. The molecule has 0 spiro atoms. The van der Waals surface area contributed by atoms with Crippen LogP contribution < -0.4 is 0 Å². The predicted molar refractivity (Wildman–Crippen MR) is 66.1 cm³/mol. The molecule has 94 valence electrons. The largest absolute Gasteiger partial charge is 0.339 e. The fraction of sp³-hybridized carbons (Fsp3) is 0.857. The summed E-state index contributed by atoms with van der Waals surface area (Å²) in [5, 5.41) is 9.37. The van der Waals surface area contributed by atoms with Gasteiger partial charge in [-0.2, -0.15) is 5.26 Å². The van der Waals surface area contributed by atoms with E-state index in [-0.39, 0.29) is 11.9 Å². The molecule has 0 N–H and O–H groups in total. The van der Waals surface area contributed by atoms with Crippen LogP contribution in [0.15, 0.2) is 0 Å². The van der Waals surface area contributed by atoms with Gasteiger partial charge < -0.3 is 4.90 Å². The second kappa shape index (κ2) is 4.68. The van der Waals surface area contributed by atoms with Gasteiger partial charge in [0.1, 0.15) is 5.41 Å². The van der Waals surface area contributed by atoms with E-state index in [0.717, 1.165) is 32.2 Å². The summed E-state index contributed by atoms with van der Waals surface area (Å²) in [5.41, 5.74) is -0.695. The Kier molecular flexibility index (Phi) is 3.42. The molecule has 0 aromatic rings. The second-order valence-electron chi connectivity index (χ2n) is 5.90. The number of hydrogen-bond donors (Lipinski definition) is 0. The van der Waals surface area contributed by atoms with E-state index < -0.39 is 5.41 Å². The third-order valence-electron chi connectivity index (χ3n) is 4.12. The lowest BCUT2D eigenvalue weighted by Gasteiger charge is -2.33. The normalized spacial score (nSPS) is 22.5. The van der Waals surface area contributed by atoms with E-state index in [2.05, 4.69) is 19.9 Å². The highest BCUT2D eigenvalue weighted by Crippen LogP contribution is 2.40. The summed E-state index contributed by atoms with van der Waals surface area (Å²) in [6.07, 6.45) is 6.06. The van der Waals surface area contributed by atoms with Crippen LogP contribution in [0.1, 0.15) is 52.4 Å². The summed E-state index contributed by atoms with van der Waals surface area (Å²) in [5.74, 6) is 0.790. The summed E-state index contributed by atoms with van der Waals surface area (Å²) in [6, 6.07) is 2.53. The predicted octanol–water partition coefficient (Wildman–Crippen LogP) is 2.72. The van der Waals surface area contributed by atoms with Crippen LogP contribution in [0.25, 0.3) is 0 Å². The van der Waals surface area contributed by atoms with Gasteiger partial charge in [-0.25, -0.2) is 0 Å². The smallest absolute Gasteiger partial charge is 0.243 e. The van der Waals surface area contributed by atoms with E-state index in [4.69, 9.17) is 0 Å². The van der Waals surface area contributed by atoms with Crippen molar-refractivity contribution in [1.29, 1.82) is 5.26 Å². The quantitative estimate of drug-likeness (QED) is 0.750. The fourth-order valence-electron chi connectivity index (χ4n) is 2.73. The highest BCUT2D eigenvalue weighted by atomic mass is 16.2. The maximum atomic E-state index is 12.6. The van der Waals surface area contributed by atoms with Gasteiger partial charge in [0.2, 0.25) is 5.91 Å². The zero-order valence-electron chi connectivity index (χ0n) is 10.9. The Morgan fingerprint density at radius 2 is 2.00 bits per heavy atom. The molecular weight excluding hydrogens is 212 g/mol. The average molecular weight is 234 g/mol. The van der Waals surface area contributed by atoms with Crippen molar-refractivity contribution in [3.05, 3.63) is 0 Å². The molecular formula is C14H22N2O. The van der Waals surface area contributed by atoms with Gasteiger partial charge in [-0.05, 0) is 45.4 Å². The molecule has 2 saturated carbocycles. The van der Waals surface area contributed by atoms with Gasteiger partial charge in [-0.1, -0.05) is 12.8 Å². The van der Waals surface area contributed by atoms with Gasteiger partial charge in [0.05, 0.1) is 6.07 Å². The highest BCUT2D eigenvalue weighted by Gasteiger charge is 2.45. The summed E-state index contributed by atoms with van der Waals surface area (Å²) in [4.78, 5) is 14.6. The van der Waals surface area contributed by atoms with Crippen molar-refractivity contribution in [2.75, 3.05) is 6.54 Å². The average Bonchev–Trinajstić information content (AvgIpc) is 2.99. The third-order valence-corrected chi connectivity index (χ3v) is 4.12. The summed E-state index contributed by atoms with van der Waals surface area (Å²) in [7, 11) is 0. The van der Waals surface area contributed by atoms with Crippen molar-refractivity contribution in [2.24, 2.45) is 11.3 Å². The van der Waals surface area contributed by atoms with Gasteiger partial charge in [-0.15, -0.1) is 0 Å². The van der Waals surface area contributed by atoms with Crippen LogP contribution in [0.4, 0.5) is 0 Å². The first-order valence-electron chi connectivity index (χ1n) is 6.81. The summed E-state index contributed by atoms with van der Waals surface area (Å²) < 4.78 is 0. The molecule has 0 bridgehead atoms. The van der Waals surface area contributed by atoms with Crippen molar-refractivity contribution < 1.29 is 4.79 Å². The van der Waals surface area contributed by atoms with Gasteiger partial charge in [-0.3, -0.25) is 4.79 Å². The van der Waals surface area contributed by atoms with Crippen molar-refractivity contribution >= 4 is 5.91 Å². The maximum Gasteiger partial charge on any atom is 0.243 e. The molecule has 2 aliphatic rings. The number of amides is 1. The third kappa shape index (κ3) is 2.46. The zero-order chi connectivity index (χ0) is 12.5. The molecule has 0 atom stereocenters. The summed E-state index contributed by atoms with van der Waals surface area (Å²) >= 11 is 0. The molecule has 2 fully saturated rings. The van der Waals surface area contributed by atoms with E-state index in [0.29, 0.717) is 5.92 Å². The van der Waals surface area contributed by atoms with Crippen LogP contribution in [-0.2, 0) is 4.79 Å². The van der Waals surface area contributed by atoms with Gasteiger partial charge in [0, 0.05) is 12.6 Å². The molecule has 3 heteroatoms. The Morgan fingerprint density at radius 1 is 1.41 bits per heavy atom. The minimum atomic E-state index is -0.695. The Labute approximate surface area is 104 Å². The van der Waals surface area contributed by atoms with Gasteiger partial charge in [0.25, 0.3) is 0 Å². The van der Waals surface area contributed by atoms with Crippen LogP contribution in [0.5, 0.6) is 0 Å². The van der Waals surface area contributed by atoms with E-state index in [9.17, 15) is 10.1 Å². The Balaban J connectivity index is 2.11. The fourth-order valence-corrected chi connectivity index (χ4v) is 2.73. The van der Waals surface area contributed by atoms with E-state index in [1.54, 1.807) is 0 Å². The number of carbonyl (C=O) groups is 1. The molecule has 2 aliphatic carbocycles. The Bertz CT molecular complexity index is 333. The molecule has 1 amide bonds. The number of nitrogens with zero attached hydrogens (tertiary/aromatic N) is 2. The van der Waals surface area contributed by atoms with Crippen LogP contribution in [-0.4, -0.2) is 23.4 Å². The molecule has 2 rings (SSSR count). The Hall–Kier alpha value is -1.04. The lowest BCUT2D eigenvalue weighted by molar-refractivity contribution is -0.140. The van der Waals surface area contributed by atoms with E-state index >= 15 is 0 Å². The minimum Gasteiger partial charge on any atom is -0.339 e. The molecule has 3 nitrogen and oxygen atoms in total. The molecule has 0 unspecified atom stereocenters. The number of carbonyl (C=O) groups excluding carboxylic acids is 1. The van der Waals surface area contributed by atoms with Crippen LogP contribution in [0.2, 0.25) is 0 Å². The molecule has 0 radical (unpaired) electrons. The van der Waals surface area contributed by atoms with E-state index in [1.807, 2.05) is 4.90 Å². The summed E-state index contributed by atoms with van der Waals surface area (Å²) in [6.45, 7) is 4.97. The van der Waals surface area contributed by atoms with Crippen LogP contribution in [0, 0.1) is 22.7 Å². The van der Waals surface area contributed by atoms with Crippen molar-refractivity contribution in [2.45, 2.75) is 58.4 Å². The first-order valence-corrected chi connectivity index (χ1v) is 6.81. The van der Waals surface area contributed by atoms with Crippen LogP contribution >= 0.6 is 0 Å². The second-order valence-corrected chi connectivity index (χ2v) is 5.90. The highest BCUT2D eigenvalue weighted by molar-refractivity contribution is 5.86. The van der Waals surface area contributed by atoms with Crippen molar-refractivity contribution in [3.8, 4) is 6.07 Å². The SMILES string of the molecule is CC(C)N(CC1CC1)C(=O)C1(C#N)CCCC1. The zero-order valence-corrected chi connectivity index (χ0v) is 10.9. The molecule has 0 aromatic heterocycles. The molecule has 0 saturated heterocycles. The lowest BCUT2D eigenvalue weighted by atomic mass is 9.86. The topological polar surface area (TPSA) is 44.1 Å². The molecule has 0 heterocycles. The van der Waals surface area contributed by atoms with E-state index in [1.165, 1.54) is 12.8 Å². The molecule has 17 heavy (non-hydrogen) atoms. The van der Waals surface area contributed by atoms with Crippen molar-refractivity contribution in [3.63, 3.8) is 0 Å². The molecule has 0 aromatic carbocycles. The standard InChI is InChI=1S/C14H22N2O/c1-11(2)16(9-12-5-6-12)13(17)14(10-15)7-3-4-8-14/h11-12H,3-9H2,1-2H3. The molecule has 0 aliphatic heterocycles. The minimum absolute atomic E-state index is 0.0967. The monoisotopic (exact) mass is 234 g/mol. The lowest BCUT2D eigenvalue weighted by Crippen LogP contribution is -2.46. The first kappa shape index (κ1) is 12.4. The Morgan fingerprint density at radius 3 is 2.41 bits per heavy atom. The van der Waals surface area contributed by atoms with Crippen LogP contribution in [0.3, 0.4) is 0 Å². The number of nitriles is 1. The van der Waals surface area contributed by atoms with Crippen molar-refractivity contribution in [1.82, 2.24) is 4.90 Å².